The number of nitrogens with zero attached hydrogens (tertiary/aromatic N) is 4. The Kier molecular flexibility index (Phi) is 7.56. The first-order valence-corrected chi connectivity index (χ1v) is 12.9. The predicted octanol–water partition coefficient (Wildman–Crippen LogP) is 5.71. The van der Waals surface area contributed by atoms with E-state index in [1.54, 1.807) is 65.8 Å². The number of rotatable bonds is 9. The van der Waals surface area contributed by atoms with Gasteiger partial charge in [-0.3, -0.25) is 19.8 Å². The topological polar surface area (TPSA) is 74.3 Å². The molecule has 204 valence electrons. The highest BCUT2D eigenvalue weighted by Crippen LogP contribution is 2.35. The van der Waals surface area contributed by atoms with Gasteiger partial charge in [-0.2, -0.15) is 5.10 Å². The van der Waals surface area contributed by atoms with Crippen LogP contribution in [0.1, 0.15) is 41.7 Å². The minimum absolute atomic E-state index is 0.165. The average Bonchev–Trinajstić information content (AvgIpc) is 3.54. The predicted molar refractivity (Wildman–Crippen MR) is 142 cm³/mol. The van der Waals surface area contributed by atoms with E-state index in [0.717, 1.165) is 16.5 Å². The number of alkyl halides is 2. The van der Waals surface area contributed by atoms with Crippen LogP contribution in [0.5, 0.6) is 5.75 Å². The van der Waals surface area contributed by atoms with Crippen molar-refractivity contribution in [1.82, 2.24) is 25.0 Å². The fourth-order valence-corrected chi connectivity index (χ4v) is 5.17. The fourth-order valence-electron chi connectivity index (χ4n) is 5.17. The highest BCUT2D eigenvalue weighted by atomic mass is 19.3. The van der Waals surface area contributed by atoms with Crippen molar-refractivity contribution in [2.24, 2.45) is 0 Å². The Hall–Kier alpha value is -3.92. The normalized spacial score (nSPS) is 15.9. The van der Waals surface area contributed by atoms with E-state index in [-0.39, 0.29) is 24.7 Å². The number of hydrogen-bond acceptors (Lipinski definition) is 5. The molecule has 3 heterocycles. The number of carbonyl (C=O) groups is 1. The molecule has 39 heavy (non-hydrogen) atoms. The number of ether oxygens (including phenoxy) is 1. The van der Waals surface area contributed by atoms with Crippen molar-refractivity contribution in [3.05, 3.63) is 78.0 Å². The summed E-state index contributed by atoms with van der Waals surface area (Å²) < 4.78 is 47.4. The smallest absolute Gasteiger partial charge is 0.261 e. The van der Waals surface area contributed by atoms with E-state index in [0.29, 0.717) is 48.6 Å². The number of pyridine rings is 1. The average molecular weight is 538 g/mol. The van der Waals surface area contributed by atoms with Gasteiger partial charge in [0, 0.05) is 61.0 Å². The molecule has 5 rings (SSSR count). The standard InChI is InChI=1S/C29H30F3N5O2/c1-3-39-26-14-20(7-8-23(26)19-5-4-6-22(30)13-19)28(38)36(2)25(9-11-37-12-10-29(31,32)18-37)24-17-33-15-21-16-34-35-27(21)24/h4-8,13-17,25H,3,9-12,18H2,1-2H3,(H,34,35)/t25-/m1/s1. The summed E-state index contributed by atoms with van der Waals surface area (Å²) >= 11 is 0. The van der Waals surface area contributed by atoms with Crippen LogP contribution < -0.4 is 4.74 Å². The SMILES string of the molecule is CCOc1cc(C(=O)N(C)[C@H](CCN2CCC(F)(F)C2)c2cncc3cn[nH]c23)ccc1-c1cccc(F)c1. The molecule has 0 radical (unpaired) electrons. The summed E-state index contributed by atoms with van der Waals surface area (Å²) in [5, 5.41) is 7.90. The lowest BCUT2D eigenvalue weighted by Gasteiger charge is -2.30. The molecule has 2 aromatic heterocycles. The number of halogens is 3. The molecular weight excluding hydrogens is 507 g/mol. The summed E-state index contributed by atoms with van der Waals surface area (Å²) in [6.07, 6.45) is 5.29. The number of carbonyl (C=O) groups excluding carboxylic acids is 1. The van der Waals surface area contributed by atoms with E-state index in [4.69, 9.17) is 4.74 Å². The summed E-state index contributed by atoms with van der Waals surface area (Å²) in [6, 6.07) is 10.8. The minimum atomic E-state index is -2.69. The molecule has 1 amide bonds. The van der Waals surface area contributed by atoms with Gasteiger partial charge in [-0.05, 0) is 49.2 Å². The Morgan fingerprint density at radius 2 is 2.05 bits per heavy atom. The maximum atomic E-state index is 13.9. The van der Waals surface area contributed by atoms with Gasteiger partial charge in [0.25, 0.3) is 11.8 Å². The number of hydrogen-bond donors (Lipinski definition) is 1. The number of nitrogens with one attached hydrogen (secondary N) is 1. The number of fused-ring (bicyclic) bond motifs is 1. The molecular formula is C29H30F3N5O2. The molecule has 1 atom stereocenters. The van der Waals surface area contributed by atoms with Gasteiger partial charge >= 0.3 is 0 Å². The molecule has 4 aromatic rings. The zero-order valence-corrected chi connectivity index (χ0v) is 21.8. The van der Waals surface area contributed by atoms with Crippen LogP contribution >= 0.6 is 0 Å². The summed E-state index contributed by atoms with van der Waals surface area (Å²) in [5.41, 5.74) is 3.21. The third kappa shape index (κ3) is 5.75. The number of H-pyrrole nitrogens is 1. The number of aromatic nitrogens is 3. The van der Waals surface area contributed by atoms with Gasteiger partial charge in [0.1, 0.15) is 11.6 Å². The summed E-state index contributed by atoms with van der Waals surface area (Å²) in [5.74, 6) is -2.86. The van der Waals surface area contributed by atoms with Gasteiger partial charge in [0.15, 0.2) is 0 Å². The first kappa shape index (κ1) is 26.7. The summed E-state index contributed by atoms with van der Waals surface area (Å²) in [6.45, 7) is 2.62. The van der Waals surface area contributed by atoms with Crippen LogP contribution in [0.2, 0.25) is 0 Å². The lowest BCUT2D eigenvalue weighted by molar-refractivity contribution is 0.0114. The van der Waals surface area contributed by atoms with E-state index in [9.17, 15) is 18.0 Å². The molecule has 0 aliphatic carbocycles. The number of likely N-dealkylation sites (tertiary alicyclic amines) is 1. The van der Waals surface area contributed by atoms with Gasteiger partial charge in [-0.1, -0.05) is 12.1 Å². The Balaban J connectivity index is 1.46. The summed E-state index contributed by atoms with van der Waals surface area (Å²) in [7, 11) is 1.70. The molecule has 1 N–H and O–H groups in total. The van der Waals surface area contributed by atoms with Crippen molar-refractivity contribution in [1.29, 1.82) is 0 Å². The first-order valence-electron chi connectivity index (χ1n) is 12.9. The second-order valence-corrected chi connectivity index (χ2v) is 9.82. The molecule has 7 nitrogen and oxygen atoms in total. The van der Waals surface area contributed by atoms with E-state index in [1.807, 2.05) is 6.92 Å². The molecule has 0 unspecified atom stereocenters. The zero-order chi connectivity index (χ0) is 27.6. The van der Waals surface area contributed by atoms with Crippen LogP contribution in [-0.2, 0) is 0 Å². The van der Waals surface area contributed by atoms with Crippen LogP contribution in [0.4, 0.5) is 13.2 Å². The van der Waals surface area contributed by atoms with E-state index in [1.165, 1.54) is 12.1 Å². The maximum absolute atomic E-state index is 13.9. The Morgan fingerprint density at radius 1 is 1.21 bits per heavy atom. The van der Waals surface area contributed by atoms with Gasteiger partial charge in [-0.15, -0.1) is 0 Å². The lowest BCUT2D eigenvalue weighted by Crippen LogP contribution is -2.35. The molecule has 1 aliphatic heterocycles. The van der Waals surface area contributed by atoms with Crippen molar-refractivity contribution < 1.29 is 22.7 Å². The molecule has 1 saturated heterocycles. The van der Waals surface area contributed by atoms with Crippen molar-refractivity contribution in [3.63, 3.8) is 0 Å². The van der Waals surface area contributed by atoms with Crippen LogP contribution in [0.15, 0.2) is 61.1 Å². The first-order chi connectivity index (χ1) is 18.8. The second-order valence-electron chi connectivity index (χ2n) is 9.82. The molecule has 0 saturated carbocycles. The Morgan fingerprint density at radius 3 is 2.79 bits per heavy atom. The Labute approximate surface area is 224 Å². The van der Waals surface area contributed by atoms with Crippen molar-refractivity contribution in [3.8, 4) is 16.9 Å². The largest absolute Gasteiger partial charge is 0.493 e. The molecule has 0 bridgehead atoms. The highest BCUT2D eigenvalue weighted by molar-refractivity contribution is 5.96. The second kappa shape index (κ2) is 11.1. The van der Waals surface area contributed by atoms with Gasteiger partial charge in [0.2, 0.25) is 0 Å². The molecule has 1 aliphatic rings. The molecule has 0 spiro atoms. The van der Waals surface area contributed by atoms with E-state index in [2.05, 4.69) is 15.2 Å². The monoisotopic (exact) mass is 537 g/mol. The lowest BCUT2D eigenvalue weighted by atomic mass is 9.99. The van der Waals surface area contributed by atoms with Crippen molar-refractivity contribution >= 4 is 16.8 Å². The fraction of sp³-hybridized carbons (Fsp3) is 0.345. The van der Waals surface area contributed by atoms with Crippen LogP contribution in [-0.4, -0.2) is 70.1 Å². The van der Waals surface area contributed by atoms with E-state index < -0.39 is 12.0 Å². The highest BCUT2D eigenvalue weighted by Gasteiger charge is 2.38. The third-order valence-electron chi connectivity index (χ3n) is 7.16. The van der Waals surface area contributed by atoms with Gasteiger partial charge < -0.3 is 9.64 Å². The van der Waals surface area contributed by atoms with Crippen molar-refractivity contribution in [2.75, 3.05) is 33.3 Å². The quantitative estimate of drug-likeness (QED) is 0.296. The Bertz CT molecular complexity index is 1470. The third-order valence-corrected chi connectivity index (χ3v) is 7.16. The zero-order valence-electron chi connectivity index (χ0n) is 21.8. The number of amides is 1. The maximum Gasteiger partial charge on any atom is 0.261 e. The number of aromatic amines is 1. The van der Waals surface area contributed by atoms with E-state index >= 15 is 0 Å². The molecule has 10 heteroatoms. The van der Waals surface area contributed by atoms with Crippen LogP contribution in [0, 0.1) is 5.82 Å². The van der Waals surface area contributed by atoms with Crippen molar-refractivity contribution in [2.45, 2.75) is 31.7 Å². The van der Waals surface area contributed by atoms with Crippen LogP contribution in [0.25, 0.3) is 22.0 Å². The molecule has 1 fully saturated rings. The minimum Gasteiger partial charge on any atom is -0.493 e. The van der Waals surface area contributed by atoms with Gasteiger partial charge in [-0.25, -0.2) is 13.2 Å². The summed E-state index contributed by atoms with van der Waals surface area (Å²) in [4.78, 5) is 21.5. The number of benzene rings is 2. The molecule has 2 aromatic carbocycles. The van der Waals surface area contributed by atoms with Gasteiger partial charge in [0.05, 0.1) is 30.9 Å². The van der Waals surface area contributed by atoms with Crippen LogP contribution in [0.3, 0.4) is 0 Å².